The zero-order chi connectivity index (χ0) is 15.3. The number of methoxy groups -OCH3 is 1. The number of sulfonamides is 1. The lowest BCUT2D eigenvalue weighted by Gasteiger charge is -2.19. The van der Waals surface area contributed by atoms with Crippen molar-refractivity contribution in [2.45, 2.75) is 31.2 Å². The monoisotopic (exact) mass is 302 g/mol. The van der Waals surface area contributed by atoms with Gasteiger partial charge in [0.1, 0.15) is 10.6 Å². The molecule has 0 aromatic heterocycles. The molecule has 1 unspecified atom stereocenters. The van der Waals surface area contributed by atoms with Crippen LogP contribution in [-0.4, -0.2) is 33.3 Å². The van der Waals surface area contributed by atoms with Gasteiger partial charge in [0.15, 0.2) is 0 Å². The number of benzene rings is 1. The Labute approximate surface area is 120 Å². The first-order valence-corrected chi connectivity index (χ1v) is 7.85. The molecule has 0 bridgehead atoms. The first-order valence-electron chi connectivity index (χ1n) is 6.37. The van der Waals surface area contributed by atoms with E-state index in [0.29, 0.717) is 12.1 Å². The molecule has 0 radical (unpaired) electrons. The van der Waals surface area contributed by atoms with Gasteiger partial charge in [0.2, 0.25) is 10.0 Å². The van der Waals surface area contributed by atoms with Crippen molar-refractivity contribution >= 4 is 15.7 Å². The number of anilines is 1. The second-order valence-electron chi connectivity index (χ2n) is 5.04. The van der Waals surface area contributed by atoms with Crippen LogP contribution in [0.15, 0.2) is 23.1 Å². The summed E-state index contributed by atoms with van der Waals surface area (Å²) < 4.78 is 32.2. The van der Waals surface area contributed by atoms with E-state index in [0.717, 1.165) is 0 Å². The van der Waals surface area contributed by atoms with Crippen LogP contribution in [0, 0.1) is 5.92 Å². The fraction of sp³-hybridized carbons (Fsp3) is 0.538. The van der Waals surface area contributed by atoms with E-state index in [-0.39, 0.29) is 23.2 Å². The summed E-state index contributed by atoms with van der Waals surface area (Å²) in [4.78, 5) is -0.0257. The molecule has 114 valence electrons. The van der Waals surface area contributed by atoms with Crippen LogP contribution in [0.3, 0.4) is 0 Å². The van der Waals surface area contributed by atoms with Crippen LogP contribution in [0.4, 0.5) is 5.69 Å². The third-order valence-corrected chi connectivity index (χ3v) is 4.32. The van der Waals surface area contributed by atoms with E-state index in [2.05, 4.69) is 4.72 Å². The van der Waals surface area contributed by atoms with Gasteiger partial charge in [-0.1, -0.05) is 13.8 Å². The molecular formula is C13H22N2O4S. The summed E-state index contributed by atoms with van der Waals surface area (Å²) in [6.45, 7) is 3.65. The fourth-order valence-corrected chi connectivity index (χ4v) is 3.36. The number of nitrogens with two attached hydrogens (primary N) is 1. The molecule has 0 aliphatic rings. The second-order valence-corrected chi connectivity index (χ2v) is 6.72. The predicted molar refractivity (Wildman–Crippen MR) is 78.1 cm³/mol. The maximum atomic E-state index is 12.4. The van der Waals surface area contributed by atoms with Crippen molar-refractivity contribution in [3.8, 4) is 5.75 Å². The zero-order valence-corrected chi connectivity index (χ0v) is 12.8. The van der Waals surface area contributed by atoms with E-state index in [1.807, 2.05) is 13.8 Å². The van der Waals surface area contributed by atoms with E-state index in [9.17, 15) is 13.5 Å². The van der Waals surface area contributed by atoms with Crippen molar-refractivity contribution in [2.75, 3.05) is 19.5 Å². The minimum atomic E-state index is -3.80. The molecule has 1 rings (SSSR count). The third kappa shape index (κ3) is 4.36. The lowest BCUT2D eigenvalue weighted by molar-refractivity contribution is 0.240. The molecule has 0 aliphatic heterocycles. The van der Waals surface area contributed by atoms with Crippen molar-refractivity contribution in [1.82, 2.24) is 4.72 Å². The Morgan fingerprint density at radius 1 is 1.40 bits per heavy atom. The maximum absolute atomic E-state index is 12.4. The number of ether oxygens (including phenoxy) is 1. The minimum absolute atomic E-state index is 0.0257. The quantitative estimate of drug-likeness (QED) is 0.651. The lowest BCUT2D eigenvalue weighted by Crippen LogP contribution is -2.38. The van der Waals surface area contributed by atoms with Gasteiger partial charge < -0.3 is 15.6 Å². The highest BCUT2D eigenvalue weighted by Gasteiger charge is 2.24. The van der Waals surface area contributed by atoms with Crippen molar-refractivity contribution in [3.63, 3.8) is 0 Å². The van der Waals surface area contributed by atoms with Gasteiger partial charge in [-0.15, -0.1) is 0 Å². The molecule has 1 aromatic carbocycles. The number of nitrogen functional groups attached to an aromatic ring is 1. The summed E-state index contributed by atoms with van der Waals surface area (Å²) in [5.41, 5.74) is 5.96. The molecule has 4 N–H and O–H groups in total. The minimum Gasteiger partial charge on any atom is -0.495 e. The van der Waals surface area contributed by atoms with Gasteiger partial charge in [-0.05, 0) is 30.5 Å². The van der Waals surface area contributed by atoms with E-state index in [4.69, 9.17) is 10.5 Å². The summed E-state index contributed by atoms with van der Waals surface area (Å²) in [5, 5.41) is 9.28. The number of rotatable bonds is 7. The summed E-state index contributed by atoms with van der Waals surface area (Å²) in [5.74, 6) is 0.477. The largest absolute Gasteiger partial charge is 0.495 e. The van der Waals surface area contributed by atoms with Crippen LogP contribution >= 0.6 is 0 Å². The molecule has 7 heteroatoms. The molecule has 0 aliphatic carbocycles. The van der Waals surface area contributed by atoms with Crippen molar-refractivity contribution < 1.29 is 18.3 Å². The number of nitrogens with one attached hydrogen (secondary N) is 1. The molecule has 1 aromatic rings. The van der Waals surface area contributed by atoms with E-state index < -0.39 is 16.1 Å². The van der Waals surface area contributed by atoms with E-state index in [1.54, 1.807) is 6.07 Å². The highest BCUT2D eigenvalue weighted by atomic mass is 32.2. The van der Waals surface area contributed by atoms with Gasteiger partial charge in [0, 0.05) is 11.7 Å². The predicted octanol–water partition coefficient (Wildman–Crippen LogP) is 0.963. The van der Waals surface area contributed by atoms with Gasteiger partial charge in [-0.2, -0.15) is 0 Å². The van der Waals surface area contributed by atoms with Crippen LogP contribution in [0.25, 0.3) is 0 Å². The molecule has 0 heterocycles. The maximum Gasteiger partial charge on any atom is 0.244 e. The molecule has 1 atom stereocenters. The van der Waals surface area contributed by atoms with Crippen molar-refractivity contribution in [2.24, 2.45) is 5.92 Å². The Balaban J connectivity index is 3.07. The van der Waals surface area contributed by atoms with Gasteiger partial charge >= 0.3 is 0 Å². The molecule has 0 amide bonds. The Hall–Kier alpha value is -1.31. The highest BCUT2D eigenvalue weighted by Crippen LogP contribution is 2.26. The standard InChI is InChI=1S/C13H22N2O4S/c1-9(2)6-11(8-16)15-20(17,18)13-7-10(14)4-5-12(13)19-3/h4-5,7,9,11,15-16H,6,8,14H2,1-3H3. The van der Waals surface area contributed by atoms with Crippen LogP contribution in [0.2, 0.25) is 0 Å². The third-order valence-electron chi connectivity index (χ3n) is 2.78. The lowest BCUT2D eigenvalue weighted by atomic mass is 10.1. The molecule has 0 saturated carbocycles. The van der Waals surface area contributed by atoms with Gasteiger partial charge in [0.05, 0.1) is 13.7 Å². The summed E-state index contributed by atoms with van der Waals surface area (Å²) in [6.07, 6.45) is 0.542. The number of hydrogen-bond acceptors (Lipinski definition) is 5. The highest BCUT2D eigenvalue weighted by molar-refractivity contribution is 7.89. The van der Waals surface area contributed by atoms with E-state index in [1.165, 1.54) is 19.2 Å². The Bertz CT molecular complexity index is 543. The normalized spacial score (nSPS) is 13.4. The van der Waals surface area contributed by atoms with Gasteiger partial charge in [-0.25, -0.2) is 13.1 Å². The smallest absolute Gasteiger partial charge is 0.244 e. The Morgan fingerprint density at radius 2 is 2.05 bits per heavy atom. The van der Waals surface area contributed by atoms with E-state index >= 15 is 0 Å². The molecular weight excluding hydrogens is 280 g/mol. The SMILES string of the molecule is COc1ccc(N)cc1S(=O)(=O)NC(CO)CC(C)C. The summed E-state index contributed by atoms with van der Waals surface area (Å²) >= 11 is 0. The summed E-state index contributed by atoms with van der Waals surface area (Å²) in [6, 6.07) is 3.87. The molecule has 0 spiro atoms. The first-order chi connectivity index (χ1) is 9.30. The molecule has 6 nitrogen and oxygen atoms in total. The average molecular weight is 302 g/mol. The summed E-state index contributed by atoms with van der Waals surface area (Å²) in [7, 11) is -2.41. The first kappa shape index (κ1) is 16.7. The topological polar surface area (TPSA) is 102 Å². The zero-order valence-electron chi connectivity index (χ0n) is 12.0. The average Bonchev–Trinajstić information content (AvgIpc) is 2.37. The van der Waals surface area contributed by atoms with Crippen LogP contribution in [0.5, 0.6) is 5.75 Å². The molecule has 20 heavy (non-hydrogen) atoms. The van der Waals surface area contributed by atoms with Gasteiger partial charge in [-0.3, -0.25) is 0 Å². The number of aliphatic hydroxyl groups is 1. The van der Waals surface area contributed by atoms with Gasteiger partial charge in [0.25, 0.3) is 0 Å². The molecule has 0 fully saturated rings. The fourth-order valence-electron chi connectivity index (χ4n) is 1.92. The second kappa shape index (κ2) is 6.92. The van der Waals surface area contributed by atoms with Crippen LogP contribution in [-0.2, 0) is 10.0 Å². The van der Waals surface area contributed by atoms with Crippen LogP contribution < -0.4 is 15.2 Å². The Kier molecular flexibility index (Phi) is 5.79. The molecule has 0 saturated heterocycles. The van der Waals surface area contributed by atoms with Crippen molar-refractivity contribution in [3.05, 3.63) is 18.2 Å². The number of hydrogen-bond donors (Lipinski definition) is 3. The van der Waals surface area contributed by atoms with Crippen molar-refractivity contribution in [1.29, 1.82) is 0 Å². The Morgan fingerprint density at radius 3 is 2.55 bits per heavy atom. The van der Waals surface area contributed by atoms with Crippen LogP contribution in [0.1, 0.15) is 20.3 Å². The number of aliphatic hydroxyl groups excluding tert-OH is 1.